The van der Waals surface area contributed by atoms with Gasteiger partial charge in [0.25, 0.3) is 0 Å². The molecule has 0 spiro atoms. The number of anilines is 1. The third-order valence-electron chi connectivity index (χ3n) is 5.56. The van der Waals surface area contributed by atoms with E-state index in [9.17, 15) is 0 Å². The molecular formula is C21H24N8. The van der Waals surface area contributed by atoms with Crippen LogP contribution >= 0.6 is 0 Å². The van der Waals surface area contributed by atoms with Crippen LogP contribution in [-0.2, 0) is 7.05 Å². The summed E-state index contributed by atoms with van der Waals surface area (Å²) < 4.78 is 1.77. The highest BCUT2D eigenvalue weighted by Crippen LogP contribution is 2.29. The molecule has 4 N–H and O–H groups in total. The number of aryl methyl sites for hydroxylation is 1. The van der Waals surface area contributed by atoms with E-state index in [0.717, 1.165) is 65.0 Å². The topological polar surface area (TPSA) is 110 Å². The Morgan fingerprint density at radius 3 is 2.79 bits per heavy atom. The fourth-order valence-corrected chi connectivity index (χ4v) is 3.94. The fourth-order valence-electron chi connectivity index (χ4n) is 3.94. The Hall–Kier alpha value is -3.26. The second kappa shape index (κ2) is 7.29. The summed E-state index contributed by atoms with van der Waals surface area (Å²) in [5.74, 6) is 0.876. The molecule has 29 heavy (non-hydrogen) atoms. The maximum atomic E-state index is 6.02. The van der Waals surface area contributed by atoms with E-state index in [4.69, 9.17) is 10.7 Å². The van der Waals surface area contributed by atoms with E-state index in [1.165, 1.54) is 0 Å². The number of rotatable bonds is 4. The van der Waals surface area contributed by atoms with Gasteiger partial charge in [0.15, 0.2) is 0 Å². The minimum Gasteiger partial charge on any atom is -0.367 e. The van der Waals surface area contributed by atoms with Gasteiger partial charge in [-0.3, -0.25) is 14.8 Å². The molecule has 0 saturated heterocycles. The molecule has 4 heterocycles. The zero-order chi connectivity index (χ0) is 19.8. The summed E-state index contributed by atoms with van der Waals surface area (Å²) in [6.45, 7) is 0. The Balaban J connectivity index is 1.46. The summed E-state index contributed by atoms with van der Waals surface area (Å²) >= 11 is 0. The van der Waals surface area contributed by atoms with Crippen LogP contribution in [0.3, 0.4) is 0 Å². The Labute approximate surface area is 168 Å². The maximum absolute atomic E-state index is 6.02. The lowest BCUT2D eigenvalue weighted by Gasteiger charge is -2.27. The number of aromatic nitrogens is 6. The van der Waals surface area contributed by atoms with Gasteiger partial charge in [-0.25, -0.2) is 4.98 Å². The van der Waals surface area contributed by atoms with Crippen molar-refractivity contribution in [1.29, 1.82) is 0 Å². The summed E-state index contributed by atoms with van der Waals surface area (Å²) in [6.07, 6.45) is 9.86. The number of aromatic amines is 1. The van der Waals surface area contributed by atoms with Gasteiger partial charge < -0.3 is 11.1 Å². The smallest absolute Gasteiger partial charge is 0.126 e. The standard InChI is InChI=1S/C21H24N8/c1-29-12-13(10-24-29)18-9-16-19(11-23-18)27-28-21(16)17-3-2-4-20(26-17)25-15-7-5-14(22)6-8-15/h2-4,9-12,14-15H,5-8,22H2,1H3,(H,25,26)(H,27,28)/t14-,15+. The first kappa shape index (κ1) is 17.8. The quantitative estimate of drug-likeness (QED) is 0.495. The summed E-state index contributed by atoms with van der Waals surface area (Å²) in [5.41, 5.74) is 10.4. The molecule has 0 aromatic carbocycles. The van der Waals surface area contributed by atoms with Gasteiger partial charge >= 0.3 is 0 Å². The van der Waals surface area contributed by atoms with Crippen molar-refractivity contribution in [3.63, 3.8) is 0 Å². The highest BCUT2D eigenvalue weighted by molar-refractivity contribution is 5.93. The molecule has 0 atom stereocenters. The van der Waals surface area contributed by atoms with Gasteiger partial charge in [-0.05, 0) is 43.9 Å². The number of hydrogen-bond donors (Lipinski definition) is 3. The minimum atomic E-state index is 0.338. The molecule has 5 rings (SSSR count). The van der Waals surface area contributed by atoms with Crippen LogP contribution in [0.2, 0.25) is 0 Å². The molecular weight excluding hydrogens is 364 g/mol. The van der Waals surface area contributed by atoms with Crippen LogP contribution in [0.15, 0.2) is 42.9 Å². The second-order valence-corrected chi connectivity index (χ2v) is 7.75. The van der Waals surface area contributed by atoms with E-state index in [0.29, 0.717) is 12.1 Å². The average molecular weight is 388 g/mol. The van der Waals surface area contributed by atoms with Crippen molar-refractivity contribution in [3.05, 3.63) is 42.9 Å². The number of nitrogens with two attached hydrogens (primary N) is 1. The zero-order valence-corrected chi connectivity index (χ0v) is 16.3. The van der Waals surface area contributed by atoms with Crippen LogP contribution in [-0.4, -0.2) is 42.0 Å². The van der Waals surface area contributed by atoms with Crippen molar-refractivity contribution in [2.75, 3.05) is 5.32 Å². The lowest BCUT2D eigenvalue weighted by atomic mass is 9.92. The average Bonchev–Trinajstić information content (AvgIpc) is 3.36. The molecule has 1 aliphatic carbocycles. The van der Waals surface area contributed by atoms with Crippen LogP contribution in [0.4, 0.5) is 5.82 Å². The molecule has 148 valence electrons. The number of nitrogens with zero attached hydrogens (tertiary/aromatic N) is 5. The molecule has 1 aliphatic rings. The first-order chi connectivity index (χ1) is 14.2. The summed E-state index contributed by atoms with van der Waals surface area (Å²) in [7, 11) is 1.90. The fraction of sp³-hybridized carbons (Fsp3) is 0.333. The SMILES string of the molecule is Cn1cc(-c2cc3c(-c4cccc(N[C@H]5CC[C@@H](N)CC5)n4)n[nH]c3cn2)cn1. The largest absolute Gasteiger partial charge is 0.367 e. The van der Waals surface area contributed by atoms with Gasteiger partial charge in [0.1, 0.15) is 11.5 Å². The molecule has 0 unspecified atom stereocenters. The highest BCUT2D eigenvalue weighted by atomic mass is 15.2. The number of nitrogens with one attached hydrogen (secondary N) is 2. The molecule has 4 aromatic rings. The molecule has 1 fully saturated rings. The van der Waals surface area contributed by atoms with Crippen molar-refractivity contribution < 1.29 is 0 Å². The van der Waals surface area contributed by atoms with Gasteiger partial charge in [0.05, 0.1) is 29.3 Å². The van der Waals surface area contributed by atoms with Gasteiger partial charge in [-0.1, -0.05) is 6.07 Å². The molecule has 0 radical (unpaired) electrons. The Morgan fingerprint density at radius 1 is 1.14 bits per heavy atom. The first-order valence-electron chi connectivity index (χ1n) is 9.98. The van der Waals surface area contributed by atoms with Crippen molar-refractivity contribution in [2.45, 2.75) is 37.8 Å². The lowest BCUT2D eigenvalue weighted by molar-refractivity contribution is 0.410. The molecule has 1 saturated carbocycles. The molecule has 0 amide bonds. The van der Waals surface area contributed by atoms with Crippen molar-refractivity contribution >= 4 is 16.7 Å². The van der Waals surface area contributed by atoms with E-state index in [2.05, 4.69) is 25.6 Å². The van der Waals surface area contributed by atoms with Crippen LogP contribution < -0.4 is 11.1 Å². The molecule has 8 nitrogen and oxygen atoms in total. The number of fused-ring (bicyclic) bond motifs is 1. The molecule has 4 aromatic heterocycles. The predicted molar refractivity (Wildman–Crippen MR) is 113 cm³/mol. The monoisotopic (exact) mass is 388 g/mol. The highest BCUT2D eigenvalue weighted by Gasteiger charge is 2.19. The Bertz CT molecular complexity index is 1140. The third-order valence-corrected chi connectivity index (χ3v) is 5.56. The Morgan fingerprint density at radius 2 is 2.00 bits per heavy atom. The van der Waals surface area contributed by atoms with E-state index in [1.54, 1.807) is 4.68 Å². The number of H-pyrrole nitrogens is 1. The molecule has 0 aliphatic heterocycles. The molecule has 0 bridgehead atoms. The second-order valence-electron chi connectivity index (χ2n) is 7.75. The Kier molecular flexibility index (Phi) is 4.48. The van der Waals surface area contributed by atoms with Crippen molar-refractivity contribution in [3.8, 4) is 22.6 Å². The van der Waals surface area contributed by atoms with Crippen LogP contribution in [0.5, 0.6) is 0 Å². The van der Waals surface area contributed by atoms with Gasteiger partial charge in [-0.2, -0.15) is 10.2 Å². The van der Waals surface area contributed by atoms with E-state index < -0.39 is 0 Å². The predicted octanol–water partition coefficient (Wildman–Crippen LogP) is 3.10. The van der Waals surface area contributed by atoms with Crippen LogP contribution in [0.1, 0.15) is 25.7 Å². The maximum Gasteiger partial charge on any atom is 0.126 e. The normalized spacial score (nSPS) is 19.5. The summed E-state index contributed by atoms with van der Waals surface area (Å²) in [5, 5.41) is 16.4. The lowest BCUT2D eigenvalue weighted by Crippen LogP contribution is -2.33. The summed E-state index contributed by atoms with van der Waals surface area (Å²) in [6, 6.07) is 8.82. The van der Waals surface area contributed by atoms with E-state index >= 15 is 0 Å². The minimum absolute atomic E-state index is 0.338. The van der Waals surface area contributed by atoms with Crippen molar-refractivity contribution in [2.24, 2.45) is 12.8 Å². The summed E-state index contributed by atoms with van der Waals surface area (Å²) in [4.78, 5) is 9.35. The van der Waals surface area contributed by atoms with Gasteiger partial charge in [0, 0.05) is 36.3 Å². The zero-order valence-electron chi connectivity index (χ0n) is 16.3. The van der Waals surface area contributed by atoms with Crippen LogP contribution in [0, 0.1) is 0 Å². The molecule has 8 heteroatoms. The first-order valence-corrected chi connectivity index (χ1v) is 9.98. The van der Waals surface area contributed by atoms with E-state index in [1.807, 2.05) is 49.9 Å². The third kappa shape index (κ3) is 3.58. The van der Waals surface area contributed by atoms with Gasteiger partial charge in [0.2, 0.25) is 0 Å². The van der Waals surface area contributed by atoms with Gasteiger partial charge in [-0.15, -0.1) is 0 Å². The van der Waals surface area contributed by atoms with E-state index in [-0.39, 0.29) is 0 Å². The number of hydrogen-bond acceptors (Lipinski definition) is 6. The van der Waals surface area contributed by atoms with Crippen LogP contribution in [0.25, 0.3) is 33.5 Å². The number of pyridine rings is 2. The van der Waals surface area contributed by atoms with Crippen molar-refractivity contribution in [1.82, 2.24) is 29.9 Å².